The van der Waals surface area contributed by atoms with E-state index in [-0.39, 0.29) is 11.9 Å². The molecule has 0 spiro atoms. The van der Waals surface area contributed by atoms with E-state index in [1.54, 1.807) is 12.1 Å². The number of amides is 2. The van der Waals surface area contributed by atoms with Gasteiger partial charge in [0.2, 0.25) is 11.8 Å². The molecule has 5 nitrogen and oxygen atoms in total. The summed E-state index contributed by atoms with van der Waals surface area (Å²) in [5.74, 6) is -0.275. The Kier molecular flexibility index (Phi) is 7.85. The Morgan fingerprint density at radius 3 is 2.73 bits per heavy atom. The minimum absolute atomic E-state index is 0.0632. The first kappa shape index (κ1) is 20.2. The van der Waals surface area contributed by atoms with Gasteiger partial charge in [-0.05, 0) is 37.0 Å². The van der Waals surface area contributed by atoms with Crippen molar-refractivity contribution >= 4 is 11.8 Å². The Balaban J connectivity index is 1.87. The predicted octanol–water partition coefficient (Wildman–Crippen LogP) is 2.82. The topological polar surface area (TPSA) is 83.6 Å². The molecule has 1 saturated heterocycles. The first-order valence-corrected chi connectivity index (χ1v) is 9.56. The number of nitrogens with two attached hydrogens (primary N) is 1. The first-order chi connectivity index (χ1) is 12.5. The second kappa shape index (κ2) is 10.1. The molecule has 0 bridgehead atoms. The van der Waals surface area contributed by atoms with Crippen LogP contribution in [0, 0.1) is 0 Å². The number of hydrogen-bond acceptors (Lipinski definition) is 3. The minimum atomic E-state index is -0.436. The van der Waals surface area contributed by atoms with E-state index in [1.165, 1.54) is 0 Å². The van der Waals surface area contributed by atoms with Crippen LogP contribution in [0.25, 0.3) is 0 Å². The number of aliphatic hydroxyl groups is 1. The standard InChI is InChI=1S/C21H30N2O3/c1-2-3-4-5-19(24)12-10-18-11-13-20(25)23(18)15-14-16-6-8-17(9-7-16)21(22)26/h6-10,12,18-19,24H,2-5,11,13-15H2,1H3,(H2,22,26)/b12-10+/t18-,19-/m0/s1. The predicted molar refractivity (Wildman–Crippen MR) is 103 cm³/mol. The molecule has 2 rings (SSSR count). The summed E-state index contributed by atoms with van der Waals surface area (Å²) in [6.07, 6.45) is 9.56. The molecule has 2 atom stereocenters. The van der Waals surface area contributed by atoms with Crippen LogP contribution in [0.3, 0.4) is 0 Å². The number of likely N-dealkylation sites (tertiary alicyclic amines) is 1. The van der Waals surface area contributed by atoms with Crippen molar-refractivity contribution < 1.29 is 14.7 Å². The van der Waals surface area contributed by atoms with Gasteiger partial charge in [-0.25, -0.2) is 0 Å². The van der Waals surface area contributed by atoms with Gasteiger partial charge in [-0.2, -0.15) is 0 Å². The van der Waals surface area contributed by atoms with Crippen molar-refractivity contribution in [3.8, 4) is 0 Å². The highest BCUT2D eigenvalue weighted by Gasteiger charge is 2.28. The lowest BCUT2D eigenvalue weighted by atomic mass is 10.1. The van der Waals surface area contributed by atoms with E-state index in [0.29, 0.717) is 18.5 Å². The highest BCUT2D eigenvalue weighted by Crippen LogP contribution is 2.21. The van der Waals surface area contributed by atoms with E-state index in [9.17, 15) is 14.7 Å². The molecular weight excluding hydrogens is 328 g/mol. The third-order valence-electron chi connectivity index (χ3n) is 4.91. The highest BCUT2D eigenvalue weighted by atomic mass is 16.3. The average Bonchev–Trinajstić information content (AvgIpc) is 2.98. The maximum absolute atomic E-state index is 12.2. The summed E-state index contributed by atoms with van der Waals surface area (Å²) in [6, 6.07) is 7.25. The van der Waals surface area contributed by atoms with Gasteiger partial charge in [0.15, 0.2) is 0 Å². The van der Waals surface area contributed by atoms with Gasteiger partial charge in [-0.1, -0.05) is 50.5 Å². The molecule has 5 heteroatoms. The van der Waals surface area contributed by atoms with E-state index in [0.717, 1.165) is 44.1 Å². The number of rotatable bonds is 10. The van der Waals surface area contributed by atoms with Crippen LogP contribution in [0.2, 0.25) is 0 Å². The monoisotopic (exact) mass is 358 g/mol. The van der Waals surface area contributed by atoms with Gasteiger partial charge >= 0.3 is 0 Å². The summed E-state index contributed by atoms with van der Waals surface area (Å²) < 4.78 is 0. The molecule has 1 aromatic rings. The molecule has 0 unspecified atom stereocenters. The molecule has 1 aliphatic rings. The molecule has 2 amide bonds. The van der Waals surface area contributed by atoms with Crippen LogP contribution in [0.4, 0.5) is 0 Å². The Bertz CT molecular complexity index is 625. The molecule has 1 heterocycles. The van der Waals surface area contributed by atoms with E-state index in [2.05, 4.69) is 6.92 Å². The molecule has 1 fully saturated rings. The van der Waals surface area contributed by atoms with Crippen LogP contribution in [0.1, 0.15) is 61.4 Å². The number of nitrogens with zero attached hydrogens (tertiary/aromatic N) is 1. The van der Waals surface area contributed by atoms with Crippen LogP contribution < -0.4 is 5.73 Å². The molecular formula is C21H30N2O3. The lowest BCUT2D eigenvalue weighted by molar-refractivity contribution is -0.128. The van der Waals surface area contributed by atoms with Gasteiger partial charge in [0, 0.05) is 18.5 Å². The normalized spacial score (nSPS) is 18.6. The first-order valence-electron chi connectivity index (χ1n) is 9.56. The second-order valence-electron chi connectivity index (χ2n) is 6.95. The molecule has 3 N–H and O–H groups in total. The summed E-state index contributed by atoms with van der Waals surface area (Å²) in [5, 5.41) is 10.0. The highest BCUT2D eigenvalue weighted by molar-refractivity contribution is 5.92. The molecule has 0 aliphatic carbocycles. The number of carbonyl (C=O) groups excluding carboxylic acids is 2. The summed E-state index contributed by atoms with van der Waals surface area (Å²) in [4.78, 5) is 25.2. The van der Waals surface area contributed by atoms with Crippen molar-refractivity contribution in [2.24, 2.45) is 5.73 Å². The van der Waals surface area contributed by atoms with Crippen LogP contribution in [-0.4, -0.2) is 40.5 Å². The number of unbranched alkanes of at least 4 members (excludes halogenated alkanes) is 2. The molecule has 0 aromatic heterocycles. The average molecular weight is 358 g/mol. The van der Waals surface area contributed by atoms with Crippen LogP contribution in [0.5, 0.6) is 0 Å². The van der Waals surface area contributed by atoms with Crippen LogP contribution in [0.15, 0.2) is 36.4 Å². The SMILES string of the molecule is CCCCC[C@H](O)/C=C/[C@H]1CCC(=O)N1CCc1ccc(C(N)=O)cc1. The number of carbonyl (C=O) groups is 2. The fourth-order valence-electron chi connectivity index (χ4n) is 3.29. The number of hydrogen-bond donors (Lipinski definition) is 2. The molecule has 0 radical (unpaired) electrons. The summed E-state index contributed by atoms with van der Waals surface area (Å²) in [7, 11) is 0. The van der Waals surface area contributed by atoms with E-state index in [1.807, 2.05) is 29.2 Å². The fraction of sp³-hybridized carbons (Fsp3) is 0.524. The lowest BCUT2D eigenvalue weighted by Gasteiger charge is -2.23. The van der Waals surface area contributed by atoms with Gasteiger partial charge in [-0.3, -0.25) is 9.59 Å². The van der Waals surface area contributed by atoms with E-state index >= 15 is 0 Å². The zero-order chi connectivity index (χ0) is 18.9. The Hall–Kier alpha value is -2.14. The van der Waals surface area contributed by atoms with Crippen LogP contribution >= 0.6 is 0 Å². The van der Waals surface area contributed by atoms with Gasteiger partial charge in [0.25, 0.3) is 0 Å². The van der Waals surface area contributed by atoms with Crippen molar-refractivity contribution in [3.63, 3.8) is 0 Å². The maximum Gasteiger partial charge on any atom is 0.248 e. The van der Waals surface area contributed by atoms with Gasteiger partial charge in [0.05, 0.1) is 12.1 Å². The number of aliphatic hydroxyl groups excluding tert-OH is 1. The van der Waals surface area contributed by atoms with Crippen molar-refractivity contribution in [1.82, 2.24) is 4.90 Å². The third-order valence-corrected chi connectivity index (χ3v) is 4.91. The largest absolute Gasteiger partial charge is 0.389 e. The fourth-order valence-corrected chi connectivity index (χ4v) is 3.29. The van der Waals surface area contributed by atoms with Crippen molar-refractivity contribution in [3.05, 3.63) is 47.5 Å². The van der Waals surface area contributed by atoms with E-state index < -0.39 is 12.0 Å². The Morgan fingerprint density at radius 2 is 2.08 bits per heavy atom. The number of benzene rings is 1. The zero-order valence-electron chi connectivity index (χ0n) is 15.6. The maximum atomic E-state index is 12.2. The molecule has 142 valence electrons. The molecule has 1 aliphatic heterocycles. The van der Waals surface area contributed by atoms with Crippen LogP contribution in [-0.2, 0) is 11.2 Å². The van der Waals surface area contributed by atoms with Gasteiger partial charge in [-0.15, -0.1) is 0 Å². The van der Waals surface area contributed by atoms with Crippen molar-refractivity contribution in [2.45, 2.75) is 64.0 Å². The lowest BCUT2D eigenvalue weighted by Crippen LogP contribution is -2.33. The Labute approximate surface area is 155 Å². The second-order valence-corrected chi connectivity index (χ2v) is 6.95. The Morgan fingerprint density at radius 1 is 1.35 bits per heavy atom. The summed E-state index contributed by atoms with van der Waals surface area (Å²) in [5.41, 5.74) is 6.81. The van der Waals surface area contributed by atoms with Crippen molar-refractivity contribution in [1.29, 1.82) is 0 Å². The summed E-state index contributed by atoms with van der Waals surface area (Å²) in [6.45, 7) is 2.78. The van der Waals surface area contributed by atoms with Gasteiger partial charge in [0.1, 0.15) is 0 Å². The summed E-state index contributed by atoms with van der Waals surface area (Å²) >= 11 is 0. The van der Waals surface area contributed by atoms with Crippen molar-refractivity contribution in [2.75, 3.05) is 6.54 Å². The van der Waals surface area contributed by atoms with E-state index in [4.69, 9.17) is 5.73 Å². The smallest absolute Gasteiger partial charge is 0.248 e. The molecule has 1 aromatic carbocycles. The minimum Gasteiger partial charge on any atom is -0.389 e. The number of primary amides is 1. The molecule has 0 saturated carbocycles. The quantitative estimate of drug-likeness (QED) is 0.498. The third kappa shape index (κ3) is 5.99. The zero-order valence-corrected chi connectivity index (χ0v) is 15.6. The van der Waals surface area contributed by atoms with Gasteiger partial charge < -0.3 is 15.7 Å². The molecule has 26 heavy (non-hydrogen) atoms.